The van der Waals surface area contributed by atoms with Gasteiger partial charge in [-0.25, -0.2) is 0 Å². The molecular weight excluding hydrogens is 80.0 g/mol. The summed E-state index contributed by atoms with van der Waals surface area (Å²) in [6, 6.07) is 0. The lowest BCUT2D eigenvalue weighted by atomic mass is 10.4. The van der Waals surface area contributed by atoms with Crippen LogP contribution in [0.25, 0.3) is 0 Å². The Morgan fingerprint density at radius 3 is 2.33 bits per heavy atom. The molecular formula is C4H8O2. The molecule has 2 nitrogen and oxygen atoms in total. The van der Waals surface area contributed by atoms with Crippen LogP contribution in [0, 0.1) is 0 Å². The molecule has 2 heteroatoms. The highest BCUT2D eigenvalue weighted by atomic mass is 16.6. The number of ether oxygens (including phenoxy) is 1. The van der Waals surface area contributed by atoms with Crippen molar-refractivity contribution < 1.29 is 9.84 Å². The fourth-order valence-corrected chi connectivity index (χ4v) is 0.422. The molecule has 1 saturated heterocycles. The van der Waals surface area contributed by atoms with Gasteiger partial charge in [0, 0.05) is 0 Å². The van der Waals surface area contributed by atoms with Gasteiger partial charge >= 0.3 is 0 Å². The lowest BCUT2D eigenvalue weighted by Gasteiger charge is -1.73. The third kappa shape index (κ3) is 0.533. The Kier molecular flexibility index (Phi) is 0.821. The Hall–Kier alpha value is -0.0800. The van der Waals surface area contributed by atoms with Crippen LogP contribution < -0.4 is 0 Å². The third-order valence-corrected chi connectivity index (χ3v) is 1.02. The number of hydrogen-bond acceptors (Lipinski definition) is 2. The Morgan fingerprint density at radius 2 is 2.33 bits per heavy atom. The highest BCUT2D eigenvalue weighted by molar-refractivity contribution is 4.78. The SMILES string of the molecule is C[C@@H]1O[C@H]1CO. The number of epoxide rings is 1. The summed E-state index contributed by atoms with van der Waals surface area (Å²) >= 11 is 0. The van der Waals surface area contributed by atoms with Gasteiger partial charge in [-0.05, 0) is 6.92 Å². The predicted molar refractivity (Wildman–Crippen MR) is 21.4 cm³/mol. The smallest absolute Gasteiger partial charge is 0.107 e. The number of aliphatic hydroxyl groups is 1. The standard InChI is InChI=1S/C4H8O2/c1-3-4(2-5)6-3/h3-5H,2H2,1H3/t3-,4-/m0/s1. The normalized spacial score (nSPS) is 43.0. The quantitative estimate of drug-likeness (QED) is 0.449. The van der Waals surface area contributed by atoms with E-state index in [1.807, 2.05) is 6.92 Å². The number of aliphatic hydroxyl groups excluding tert-OH is 1. The van der Waals surface area contributed by atoms with Gasteiger partial charge < -0.3 is 9.84 Å². The van der Waals surface area contributed by atoms with Crippen molar-refractivity contribution in [3.05, 3.63) is 0 Å². The van der Waals surface area contributed by atoms with Crippen molar-refractivity contribution in [2.75, 3.05) is 6.61 Å². The minimum Gasteiger partial charge on any atom is -0.394 e. The first-order valence-corrected chi connectivity index (χ1v) is 2.11. The molecule has 1 heterocycles. The minimum absolute atomic E-state index is 0.157. The highest BCUT2D eigenvalue weighted by Gasteiger charge is 2.32. The molecule has 1 fully saturated rings. The van der Waals surface area contributed by atoms with E-state index in [9.17, 15) is 0 Å². The van der Waals surface area contributed by atoms with E-state index in [2.05, 4.69) is 0 Å². The van der Waals surface area contributed by atoms with Crippen LogP contribution in [0.15, 0.2) is 0 Å². The molecule has 0 aromatic carbocycles. The fraction of sp³-hybridized carbons (Fsp3) is 1.00. The van der Waals surface area contributed by atoms with Crippen molar-refractivity contribution in [3.63, 3.8) is 0 Å². The third-order valence-electron chi connectivity index (χ3n) is 1.02. The topological polar surface area (TPSA) is 32.8 Å². The molecule has 0 spiro atoms. The van der Waals surface area contributed by atoms with E-state index in [1.54, 1.807) is 0 Å². The summed E-state index contributed by atoms with van der Waals surface area (Å²) < 4.78 is 4.82. The molecule has 2 atom stereocenters. The number of rotatable bonds is 1. The molecule has 0 unspecified atom stereocenters. The second kappa shape index (κ2) is 1.21. The molecule has 6 heavy (non-hydrogen) atoms. The van der Waals surface area contributed by atoms with E-state index in [1.165, 1.54) is 0 Å². The van der Waals surface area contributed by atoms with Gasteiger partial charge in [-0.3, -0.25) is 0 Å². The average Bonchev–Trinajstić information content (AvgIpc) is 2.19. The predicted octanol–water partition coefficient (Wildman–Crippen LogP) is -0.234. The van der Waals surface area contributed by atoms with E-state index < -0.39 is 0 Å². The molecule has 0 aliphatic carbocycles. The second-order valence-corrected chi connectivity index (χ2v) is 1.56. The molecule has 0 saturated carbocycles. The summed E-state index contributed by atoms with van der Waals surface area (Å²) in [6.07, 6.45) is 0.472. The molecule has 36 valence electrons. The zero-order chi connectivity index (χ0) is 4.57. The molecule has 0 bridgehead atoms. The Labute approximate surface area is 36.7 Å². The zero-order valence-electron chi connectivity index (χ0n) is 3.72. The van der Waals surface area contributed by atoms with E-state index >= 15 is 0 Å². The van der Waals surface area contributed by atoms with Crippen molar-refractivity contribution in [3.8, 4) is 0 Å². The summed E-state index contributed by atoms with van der Waals surface area (Å²) in [5, 5.41) is 8.25. The Bertz CT molecular complexity index is 51.5. The van der Waals surface area contributed by atoms with Crippen molar-refractivity contribution in [2.24, 2.45) is 0 Å². The summed E-state index contributed by atoms with van der Waals surface area (Å²) in [5.41, 5.74) is 0. The molecule has 0 aromatic rings. The monoisotopic (exact) mass is 88.1 g/mol. The van der Waals surface area contributed by atoms with E-state index in [4.69, 9.17) is 9.84 Å². The molecule has 0 amide bonds. The number of hydrogen-bond donors (Lipinski definition) is 1. The largest absolute Gasteiger partial charge is 0.394 e. The van der Waals surface area contributed by atoms with E-state index in [0.29, 0.717) is 6.10 Å². The van der Waals surface area contributed by atoms with Crippen LogP contribution in [0.5, 0.6) is 0 Å². The highest BCUT2D eigenvalue weighted by Crippen LogP contribution is 2.18. The second-order valence-electron chi connectivity index (χ2n) is 1.56. The van der Waals surface area contributed by atoms with Gasteiger partial charge in [0.05, 0.1) is 12.7 Å². The van der Waals surface area contributed by atoms with Crippen LogP contribution in [0.4, 0.5) is 0 Å². The van der Waals surface area contributed by atoms with Gasteiger partial charge in [0.2, 0.25) is 0 Å². The molecule has 0 radical (unpaired) electrons. The van der Waals surface area contributed by atoms with Crippen molar-refractivity contribution in [1.82, 2.24) is 0 Å². The molecule has 1 aliphatic rings. The maximum absolute atomic E-state index is 8.25. The maximum atomic E-state index is 8.25. The van der Waals surface area contributed by atoms with E-state index in [0.717, 1.165) is 0 Å². The molecule has 0 aromatic heterocycles. The van der Waals surface area contributed by atoms with Crippen LogP contribution >= 0.6 is 0 Å². The Morgan fingerprint density at radius 1 is 1.83 bits per heavy atom. The van der Waals surface area contributed by atoms with Crippen molar-refractivity contribution in [2.45, 2.75) is 19.1 Å². The molecule has 1 rings (SSSR count). The van der Waals surface area contributed by atoms with Gasteiger partial charge in [-0.2, -0.15) is 0 Å². The average molecular weight is 88.1 g/mol. The van der Waals surface area contributed by atoms with E-state index in [-0.39, 0.29) is 12.7 Å². The molecule has 1 N–H and O–H groups in total. The van der Waals surface area contributed by atoms with Crippen molar-refractivity contribution >= 4 is 0 Å². The lowest BCUT2D eigenvalue weighted by Crippen LogP contribution is -1.93. The Balaban J connectivity index is 2.09. The van der Waals surface area contributed by atoms with Crippen LogP contribution in [0.3, 0.4) is 0 Å². The van der Waals surface area contributed by atoms with Crippen LogP contribution in [-0.2, 0) is 4.74 Å². The van der Waals surface area contributed by atoms with Crippen molar-refractivity contribution in [1.29, 1.82) is 0 Å². The maximum Gasteiger partial charge on any atom is 0.107 e. The van der Waals surface area contributed by atoms with Gasteiger partial charge in [0.1, 0.15) is 6.10 Å². The minimum atomic E-state index is 0.157. The first-order valence-electron chi connectivity index (χ1n) is 2.11. The van der Waals surface area contributed by atoms with Gasteiger partial charge in [0.15, 0.2) is 0 Å². The van der Waals surface area contributed by atoms with Gasteiger partial charge in [-0.1, -0.05) is 0 Å². The fourth-order valence-electron chi connectivity index (χ4n) is 0.422. The lowest BCUT2D eigenvalue weighted by molar-refractivity contribution is 0.242. The summed E-state index contributed by atoms with van der Waals surface area (Å²) in [7, 11) is 0. The summed E-state index contributed by atoms with van der Waals surface area (Å²) in [6.45, 7) is 2.13. The first kappa shape index (κ1) is 4.09. The summed E-state index contributed by atoms with van der Waals surface area (Å²) in [5.74, 6) is 0. The summed E-state index contributed by atoms with van der Waals surface area (Å²) in [4.78, 5) is 0. The van der Waals surface area contributed by atoms with Gasteiger partial charge in [-0.15, -0.1) is 0 Å². The zero-order valence-corrected chi connectivity index (χ0v) is 3.72. The van der Waals surface area contributed by atoms with Crippen LogP contribution in [0.2, 0.25) is 0 Å². The van der Waals surface area contributed by atoms with Crippen LogP contribution in [0.1, 0.15) is 6.92 Å². The van der Waals surface area contributed by atoms with Gasteiger partial charge in [0.25, 0.3) is 0 Å². The molecule has 1 aliphatic heterocycles. The van der Waals surface area contributed by atoms with Crippen LogP contribution in [-0.4, -0.2) is 23.9 Å². The first-order chi connectivity index (χ1) is 2.84.